The predicted molar refractivity (Wildman–Crippen MR) is 115 cm³/mol. The van der Waals surface area contributed by atoms with Gasteiger partial charge in [0.2, 0.25) is 0 Å². The lowest BCUT2D eigenvalue weighted by Gasteiger charge is -2.42. The molecular weight excluding hydrogens is 374 g/mol. The number of anilines is 1. The smallest absolute Gasteiger partial charge is 0.156 e. The standard InChI is InChI=1S/C23H25N7/c1-2-5-18(6-3-1)11-30-15-25-21-20(30)7-10-24-22(21)29-13-19(12-28-16-26-27-17-28)23(14-29)8-4-9-23/h1-3,5-7,10,15-17,19H,4,8-9,11-14H2. The molecule has 6 rings (SSSR count). The molecule has 3 aromatic heterocycles. The van der Waals surface area contributed by atoms with Crippen molar-refractivity contribution in [2.45, 2.75) is 32.4 Å². The quantitative estimate of drug-likeness (QED) is 0.515. The lowest BCUT2D eigenvalue weighted by molar-refractivity contribution is 0.0878. The van der Waals surface area contributed by atoms with Crippen molar-refractivity contribution in [1.82, 2.24) is 29.3 Å². The Kier molecular flexibility index (Phi) is 4.07. The van der Waals surface area contributed by atoms with E-state index in [2.05, 4.69) is 60.6 Å². The third-order valence-electron chi connectivity index (χ3n) is 7.07. The van der Waals surface area contributed by atoms with E-state index in [0.717, 1.165) is 43.0 Å². The van der Waals surface area contributed by atoms with E-state index in [4.69, 9.17) is 9.97 Å². The highest BCUT2D eigenvalue weighted by Gasteiger charge is 2.50. The summed E-state index contributed by atoms with van der Waals surface area (Å²) >= 11 is 0. The van der Waals surface area contributed by atoms with Crippen molar-refractivity contribution in [1.29, 1.82) is 0 Å². The molecule has 0 amide bonds. The van der Waals surface area contributed by atoms with Gasteiger partial charge in [0.25, 0.3) is 0 Å². The van der Waals surface area contributed by atoms with Gasteiger partial charge in [-0.3, -0.25) is 0 Å². The van der Waals surface area contributed by atoms with Crippen LogP contribution in [0.25, 0.3) is 11.0 Å². The van der Waals surface area contributed by atoms with Crippen molar-refractivity contribution in [3.8, 4) is 0 Å². The molecule has 7 nitrogen and oxygen atoms in total. The zero-order valence-electron chi connectivity index (χ0n) is 16.9. The van der Waals surface area contributed by atoms with Crippen LogP contribution in [0.4, 0.5) is 5.82 Å². The van der Waals surface area contributed by atoms with Crippen LogP contribution in [0, 0.1) is 11.3 Å². The molecular formula is C23H25N7. The van der Waals surface area contributed by atoms with Gasteiger partial charge in [-0.1, -0.05) is 36.8 Å². The number of rotatable bonds is 5. The molecule has 1 atom stereocenters. The fraction of sp³-hybridized carbons (Fsp3) is 0.391. The molecule has 0 N–H and O–H groups in total. The van der Waals surface area contributed by atoms with Gasteiger partial charge < -0.3 is 14.0 Å². The van der Waals surface area contributed by atoms with Crippen LogP contribution < -0.4 is 4.90 Å². The van der Waals surface area contributed by atoms with Crippen LogP contribution in [0.1, 0.15) is 24.8 Å². The highest BCUT2D eigenvalue weighted by atomic mass is 15.3. The molecule has 1 saturated carbocycles. The van der Waals surface area contributed by atoms with Gasteiger partial charge >= 0.3 is 0 Å². The van der Waals surface area contributed by atoms with Crippen LogP contribution in [0.5, 0.6) is 0 Å². The second kappa shape index (κ2) is 6.93. The van der Waals surface area contributed by atoms with E-state index in [0.29, 0.717) is 11.3 Å². The van der Waals surface area contributed by atoms with Crippen LogP contribution >= 0.6 is 0 Å². The summed E-state index contributed by atoms with van der Waals surface area (Å²) in [6.45, 7) is 3.87. The first-order valence-corrected chi connectivity index (χ1v) is 10.7. The van der Waals surface area contributed by atoms with Crippen molar-refractivity contribution in [3.63, 3.8) is 0 Å². The van der Waals surface area contributed by atoms with E-state index < -0.39 is 0 Å². The summed E-state index contributed by atoms with van der Waals surface area (Å²) < 4.78 is 4.34. The Bertz CT molecular complexity index is 1140. The fourth-order valence-corrected chi connectivity index (χ4v) is 5.33. The topological polar surface area (TPSA) is 64.7 Å². The molecule has 30 heavy (non-hydrogen) atoms. The Morgan fingerprint density at radius 2 is 1.80 bits per heavy atom. The number of imidazole rings is 1. The number of hydrogen-bond donors (Lipinski definition) is 0. The number of hydrogen-bond acceptors (Lipinski definition) is 5. The van der Waals surface area contributed by atoms with Crippen molar-refractivity contribution in [3.05, 3.63) is 67.1 Å². The minimum Gasteiger partial charge on any atom is -0.354 e. The molecule has 152 valence electrons. The maximum atomic E-state index is 4.79. The predicted octanol–water partition coefficient (Wildman–Crippen LogP) is 3.38. The summed E-state index contributed by atoms with van der Waals surface area (Å²) in [5, 5.41) is 7.97. The van der Waals surface area contributed by atoms with Crippen LogP contribution in [0.15, 0.2) is 61.6 Å². The molecule has 1 saturated heterocycles. The molecule has 1 spiro atoms. The average molecular weight is 400 g/mol. The van der Waals surface area contributed by atoms with E-state index in [9.17, 15) is 0 Å². The van der Waals surface area contributed by atoms with Gasteiger partial charge in [0, 0.05) is 38.3 Å². The summed E-state index contributed by atoms with van der Waals surface area (Å²) in [5.41, 5.74) is 3.82. The molecule has 2 fully saturated rings. The molecule has 1 unspecified atom stereocenters. The monoisotopic (exact) mass is 399 g/mol. The van der Waals surface area contributed by atoms with E-state index in [1.54, 1.807) is 0 Å². The molecule has 1 aliphatic carbocycles. The Balaban J connectivity index is 1.31. The molecule has 1 aromatic carbocycles. The molecule has 4 aromatic rings. The van der Waals surface area contributed by atoms with Crippen molar-refractivity contribution >= 4 is 16.9 Å². The van der Waals surface area contributed by atoms with Gasteiger partial charge in [0.05, 0.1) is 11.8 Å². The van der Waals surface area contributed by atoms with Crippen molar-refractivity contribution < 1.29 is 0 Å². The molecule has 0 bridgehead atoms. The summed E-state index contributed by atoms with van der Waals surface area (Å²) in [4.78, 5) is 12.0. The SMILES string of the molecule is c1ccc(Cn2cnc3c(N4CC(Cn5cnnc5)C5(CCC5)C4)nccc32)cc1. The molecule has 4 heterocycles. The molecule has 1 aliphatic heterocycles. The largest absolute Gasteiger partial charge is 0.354 e. The van der Waals surface area contributed by atoms with E-state index in [-0.39, 0.29) is 0 Å². The second-order valence-electron chi connectivity index (χ2n) is 8.81. The van der Waals surface area contributed by atoms with Gasteiger partial charge in [-0.25, -0.2) is 9.97 Å². The maximum absolute atomic E-state index is 4.79. The summed E-state index contributed by atoms with van der Waals surface area (Å²) in [7, 11) is 0. The van der Waals surface area contributed by atoms with Gasteiger partial charge in [0.15, 0.2) is 5.82 Å². The Hall–Kier alpha value is -3.22. The van der Waals surface area contributed by atoms with Crippen molar-refractivity contribution in [2.24, 2.45) is 11.3 Å². The normalized spacial score (nSPS) is 20.1. The number of benzene rings is 1. The fourth-order valence-electron chi connectivity index (χ4n) is 5.33. The second-order valence-corrected chi connectivity index (χ2v) is 8.81. The van der Waals surface area contributed by atoms with Gasteiger partial charge in [-0.2, -0.15) is 0 Å². The summed E-state index contributed by atoms with van der Waals surface area (Å²) in [6, 6.07) is 12.6. The number of fused-ring (bicyclic) bond motifs is 1. The maximum Gasteiger partial charge on any atom is 0.156 e. The zero-order chi connectivity index (χ0) is 20.0. The van der Waals surface area contributed by atoms with Crippen LogP contribution in [0.3, 0.4) is 0 Å². The number of aromatic nitrogens is 6. The number of nitrogens with zero attached hydrogens (tertiary/aromatic N) is 7. The third-order valence-corrected chi connectivity index (χ3v) is 7.07. The highest BCUT2D eigenvalue weighted by Crippen LogP contribution is 2.53. The summed E-state index contributed by atoms with van der Waals surface area (Å²) in [5.74, 6) is 1.61. The van der Waals surface area contributed by atoms with E-state index in [1.807, 2.05) is 25.2 Å². The minimum absolute atomic E-state index is 0.390. The highest BCUT2D eigenvalue weighted by molar-refractivity contribution is 5.86. The first kappa shape index (κ1) is 17.6. The lowest BCUT2D eigenvalue weighted by Crippen LogP contribution is -2.39. The van der Waals surface area contributed by atoms with Gasteiger partial charge in [0.1, 0.15) is 18.2 Å². The Morgan fingerprint density at radius 1 is 0.967 bits per heavy atom. The van der Waals surface area contributed by atoms with E-state index in [1.165, 1.54) is 24.8 Å². The van der Waals surface area contributed by atoms with Crippen LogP contribution in [-0.4, -0.2) is 42.4 Å². The average Bonchev–Trinajstić information content (AvgIpc) is 3.48. The molecule has 2 aliphatic rings. The van der Waals surface area contributed by atoms with Gasteiger partial charge in [-0.15, -0.1) is 10.2 Å². The number of pyridine rings is 1. The molecule has 7 heteroatoms. The zero-order valence-corrected chi connectivity index (χ0v) is 16.9. The lowest BCUT2D eigenvalue weighted by atomic mass is 9.63. The van der Waals surface area contributed by atoms with Crippen LogP contribution in [-0.2, 0) is 13.1 Å². The third kappa shape index (κ3) is 2.88. The Morgan fingerprint density at radius 3 is 2.57 bits per heavy atom. The first-order chi connectivity index (χ1) is 14.8. The Labute approximate surface area is 175 Å². The van der Waals surface area contributed by atoms with E-state index >= 15 is 0 Å². The first-order valence-electron chi connectivity index (χ1n) is 10.7. The molecule has 0 radical (unpaired) electrons. The summed E-state index contributed by atoms with van der Waals surface area (Å²) in [6.07, 6.45) is 11.5. The van der Waals surface area contributed by atoms with Crippen LogP contribution in [0.2, 0.25) is 0 Å². The van der Waals surface area contributed by atoms with Crippen molar-refractivity contribution in [2.75, 3.05) is 18.0 Å². The van der Waals surface area contributed by atoms with Gasteiger partial charge in [-0.05, 0) is 29.9 Å². The minimum atomic E-state index is 0.390.